The van der Waals surface area contributed by atoms with E-state index in [9.17, 15) is 0 Å². The van der Waals surface area contributed by atoms with Gasteiger partial charge in [-0.1, -0.05) is 19.8 Å². The zero-order valence-electron chi connectivity index (χ0n) is 7.83. The Labute approximate surface area is 73.6 Å². The molecule has 0 saturated heterocycles. The van der Waals surface area contributed by atoms with Crippen molar-refractivity contribution in [2.75, 3.05) is 0 Å². The predicted octanol–water partition coefficient (Wildman–Crippen LogP) is 1.62. The lowest BCUT2D eigenvalue weighted by molar-refractivity contribution is 0.865. The van der Waals surface area contributed by atoms with E-state index in [1.165, 1.54) is 0 Å². The Bertz CT molecular complexity index is 299. The van der Waals surface area contributed by atoms with Crippen molar-refractivity contribution in [3.63, 3.8) is 0 Å². The highest BCUT2D eigenvalue weighted by Crippen LogP contribution is 1.94. The Morgan fingerprint density at radius 3 is 2.83 bits per heavy atom. The number of hydrogen-bond acceptors (Lipinski definition) is 1. The Morgan fingerprint density at radius 2 is 2.33 bits per heavy atom. The normalized spacial score (nSPS) is 9.67. The number of rotatable bonds is 1. The Morgan fingerprint density at radius 1 is 1.58 bits per heavy atom. The molecule has 1 aromatic heterocycles. The number of nitrogens with zero attached hydrogens (tertiary/aromatic N) is 2. The summed E-state index contributed by atoms with van der Waals surface area (Å²) in [7, 11) is 1.96. The maximum absolute atomic E-state index is 4.17. The molecule has 0 fully saturated rings. The smallest absolute Gasteiger partial charge is 0.0947 e. The number of aromatic nitrogens is 2. The summed E-state index contributed by atoms with van der Waals surface area (Å²) in [5, 5.41) is 0. The number of aryl methyl sites for hydroxylation is 1. The molecule has 0 N–H and O–H groups in total. The van der Waals surface area contributed by atoms with Crippen LogP contribution < -0.4 is 0 Å². The maximum atomic E-state index is 4.17. The summed E-state index contributed by atoms with van der Waals surface area (Å²) in [6, 6.07) is 0. The van der Waals surface area contributed by atoms with Gasteiger partial charge in [-0.25, -0.2) is 4.98 Å². The summed E-state index contributed by atoms with van der Waals surface area (Å²) in [4.78, 5) is 4.17. The van der Waals surface area contributed by atoms with E-state index in [0.717, 1.165) is 12.1 Å². The SMILES string of the molecule is CC(C)C#CCc1cn(C)cn1. The summed E-state index contributed by atoms with van der Waals surface area (Å²) in [6.45, 7) is 4.18. The second kappa shape index (κ2) is 3.96. The van der Waals surface area contributed by atoms with Gasteiger partial charge in [0.15, 0.2) is 0 Å². The van der Waals surface area contributed by atoms with Gasteiger partial charge in [-0.15, -0.1) is 5.92 Å². The van der Waals surface area contributed by atoms with Crippen molar-refractivity contribution in [1.82, 2.24) is 9.55 Å². The van der Waals surface area contributed by atoms with E-state index in [4.69, 9.17) is 0 Å². The highest BCUT2D eigenvalue weighted by atomic mass is 15.0. The molecule has 0 aliphatic rings. The Balaban J connectivity index is 2.50. The van der Waals surface area contributed by atoms with E-state index in [2.05, 4.69) is 30.7 Å². The fourth-order valence-corrected chi connectivity index (χ4v) is 0.904. The standard InChI is InChI=1S/C10H14N2/c1-9(2)5-4-6-10-7-12(3)8-11-10/h7-9H,6H2,1-3H3. The fourth-order valence-electron chi connectivity index (χ4n) is 0.904. The van der Waals surface area contributed by atoms with Gasteiger partial charge >= 0.3 is 0 Å². The van der Waals surface area contributed by atoms with Crippen LogP contribution >= 0.6 is 0 Å². The molecule has 0 aliphatic carbocycles. The van der Waals surface area contributed by atoms with Crippen LogP contribution in [0.1, 0.15) is 19.5 Å². The molecule has 0 unspecified atom stereocenters. The van der Waals surface area contributed by atoms with Gasteiger partial charge in [0.25, 0.3) is 0 Å². The summed E-state index contributed by atoms with van der Waals surface area (Å²) >= 11 is 0. The molecule has 12 heavy (non-hydrogen) atoms. The van der Waals surface area contributed by atoms with Crippen LogP contribution in [0.2, 0.25) is 0 Å². The van der Waals surface area contributed by atoms with Gasteiger partial charge in [0.1, 0.15) is 0 Å². The lowest BCUT2D eigenvalue weighted by Gasteiger charge is -1.87. The average molecular weight is 162 g/mol. The third-order valence-corrected chi connectivity index (χ3v) is 1.42. The van der Waals surface area contributed by atoms with Crippen LogP contribution in [0.3, 0.4) is 0 Å². The maximum Gasteiger partial charge on any atom is 0.0947 e. The molecule has 0 aromatic carbocycles. The highest BCUT2D eigenvalue weighted by Gasteiger charge is 1.91. The van der Waals surface area contributed by atoms with Crippen LogP contribution in [0.15, 0.2) is 12.5 Å². The van der Waals surface area contributed by atoms with E-state index in [1.807, 2.05) is 17.8 Å². The van der Waals surface area contributed by atoms with Gasteiger partial charge in [0, 0.05) is 19.2 Å². The summed E-state index contributed by atoms with van der Waals surface area (Å²) in [6.07, 6.45) is 4.56. The molecule has 0 bridgehead atoms. The lowest BCUT2D eigenvalue weighted by atomic mass is 10.2. The second-order valence-corrected chi connectivity index (χ2v) is 3.18. The molecule has 0 aliphatic heterocycles. The first-order valence-electron chi connectivity index (χ1n) is 4.13. The van der Waals surface area contributed by atoms with Gasteiger partial charge in [-0.2, -0.15) is 0 Å². The molecule has 2 nitrogen and oxygen atoms in total. The quantitative estimate of drug-likeness (QED) is 0.574. The summed E-state index contributed by atoms with van der Waals surface area (Å²) in [5.41, 5.74) is 1.05. The molecule has 1 aromatic rings. The van der Waals surface area contributed by atoms with Crippen molar-refractivity contribution in [2.45, 2.75) is 20.3 Å². The molecule has 0 atom stereocenters. The molecule has 1 heterocycles. The fraction of sp³-hybridized carbons (Fsp3) is 0.500. The van der Waals surface area contributed by atoms with Crippen molar-refractivity contribution >= 4 is 0 Å². The first-order chi connectivity index (χ1) is 5.68. The van der Waals surface area contributed by atoms with E-state index in [1.54, 1.807) is 6.33 Å². The zero-order chi connectivity index (χ0) is 8.97. The van der Waals surface area contributed by atoms with Gasteiger partial charge in [0.05, 0.1) is 18.4 Å². The van der Waals surface area contributed by atoms with Crippen LogP contribution in [-0.2, 0) is 13.5 Å². The topological polar surface area (TPSA) is 17.8 Å². The third-order valence-electron chi connectivity index (χ3n) is 1.42. The van der Waals surface area contributed by atoms with Crippen molar-refractivity contribution in [2.24, 2.45) is 13.0 Å². The third kappa shape index (κ3) is 2.79. The molecular formula is C10H14N2. The van der Waals surface area contributed by atoms with Crippen LogP contribution in [0.5, 0.6) is 0 Å². The van der Waals surface area contributed by atoms with E-state index >= 15 is 0 Å². The lowest BCUT2D eigenvalue weighted by Crippen LogP contribution is -1.83. The largest absolute Gasteiger partial charge is 0.340 e. The van der Waals surface area contributed by atoms with Crippen molar-refractivity contribution in [1.29, 1.82) is 0 Å². The van der Waals surface area contributed by atoms with Gasteiger partial charge in [-0.3, -0.25) is 0 Å². The van der Waals surface area contributed by atoms with Gasteiger partial charge in [-0.05, 0) is 0 Å². The minimum Gasteiger partial charge on any atom is -0.340 e. The predicted molar refractivity (Wildman–Crippen MR) is 49.5 cm³/mol. The number of hydrogen-bond donors (Lipinski definition) is 0. The van der Waals surface area contributed by atoms with E-state index in [-0.39, 0.29) is 0 Å². The second-order valence-electron chi connectivity index (χ2n) is 3.18. The summed E-state index contributed by atoms with van der Waals surface area (Å²) < 4.78 is 1.94. The highest BCUT2D eigenvalue weighted by molar-refractivity contribution is 5.11. The van der Waals surface area contributed by atoms with Crippen LogP contribution in [0.4, 0.5) is 0 Å². The minimum absolute atomic E-state index is 0.453. The summed E-state index contributed by atoms with van der Waals surface area (Å²) in [5.74, 6) is 6.65. The van der Waals surface area contributed by atoms with Crippen molar-refractivity contribution < 1.29 is 0 Å². The molecule has 0 spiro atoms. The van der Waals surface area contributed by atoms with Crippen molar-refractivity contribution in [3.05, 3.63) is 18.2 Å². The van der Waals surface area contributed by atoms with Crippen LogP contribution in [0.25, 0.3) is 0 Å². The molecule has 1 rings (SSSR count). The zero-order valence-corrected chi connectivity index (χ0v) is 7.83. The molecule has 64 valence electrons. The van der Waals surface area contributed by atoms with Gasteiger partial charge < -0.3 is 4.57 Å². The Kier molecular flexibility index (Phi) is 2.93. The monoisotopic (exact) mass is 162 g/mol. The molecule has 0 amide bonds. The first kappa shape index (κ1) is 8.86. The molecule has 0 radical (unpaired) electrons. The van der Waals surface area contributed by atoms with Crippen molar-refractivity contribution in [3.8, 4) is 11.8 Å². The Hall–Kier alpha value is -1.23. The van der Waals surface area contributed by atoms with Crippen LogP contribution in [-0.4, -0.2) is 9.55 Å². The molecule has 0 saturated carbocycles. The average Bonchev–Trinajstić information content (AvgIpc) is 2.35. The first-order valence-corrected chi connectivity index (χ1v) is 4.13. The molecule has 2 heteroatoms. The number of imidazole rings is 1. The van der Waals surface area contributed by atoms with Gasteiger partial charge in [0.2, 0.25) is 0 Å². The van der Waals surface area contributed by atoms with Crippen LogP contribution in [0, 0.1) is 17.8 Å². The van der Waals surface area contributed by atoms with E-state index in [0.29, 0.717) is 5.92 Å². The minimum atomic E-state index is 0.453. The van der Waals surface area contributed by atoms with E-state index < -0.39 is 0 Å². The molecular weight excluding hydrogens is 148 g/mol.